The van der Waals surface area contributed by atoms with Crippen LogP contribution >= 0.6 is 15.2 Å². The van der Waals surface area contributed by atoms with E-state index in [9.17, 15) is 43.6 Å². The van der Waals surface area contributed by atoms with Crippen molar-refractivity contribution >= 4 is 39.4 Å². The van der Waals surface area contributed by atoms with Crippen molar-refractivity contribution in [3.63, 3.8) is 0 Å². The van der Waals surface area contributed by atoms with Gasteiger partial charge < -0.3 is 62.6 Å². The Morgan fingerprint density at radius 2 is 0.843 bits per heavy atom. The van der Waals surface area contributed by atoms with Crippen molar-refractivity contribution in [2.75, 3.05) is 35.5 Å². The standard InChI is InChI=1S/C18H23O7P.C16H19O7P.C15H16O5/c1-11(8-9-26(21,23-4)24-5)6-7-13-16(19)15-14(10-25-18(15)20)12(2)17(13)22-3;1-9(6-7-24(19,20)21)4-5-11-14(17)13-12(8-23-16(13)18)10(2)15(11)22-3;1-8(6-16)4-5-10-13(17)12-11(7-20-15(12)18)9(2)14(10)19-3/h6,8-9,19H,7,10H2,1-5H3;4,6-7,17H,5,8H2,1-3H3,(H2,19,20,21);4,6,17H,5,7H2,1-3H3/b9-8+,11-6+;7-6+,9-4+;8-4+. The van der Waals surface area contributed by atoms with Crippen LogP contribution in [0.1, 0.15) is 102 Å². The molecule has 0 bridgehead atoms. The van der Waals surface area contributed by atoms with Gasteiger partial charge >= 0.3 is 33.1 Å². The summed E-state index contributed by atoms with van der Waals surface area (Å²) in [5, 5.41) is 31.3. The molecule has 3 aliphatic rings. The fourth-order valence-corrected chi connectivity index (χ4v) is 8.92. The molecule has 0 fully saturated rings. The molecule has 21 heteroatoms. The Morgan fingerprint density at radius 1 is 0.543 bits per heavy atom. The zero-order valence-corrected chi connectivity index (χ0v) is 42.5. The van der Waals surface area contributed by atoms with Crippen LogP contribution < -0.4 is 14.2 Å². The number of hydrogen-bond donors (Lipinski definition) is 5. The third kappa shape index (κ3) is 12.6. The number of allylic oxidation sites excluding steroid dienone is 8. The molecule has 3 heterocycles. The number of phenolic OH excluding ortho intramolecular Hbond substituents is 3. The third-order valence-corrected chi connectivity index (χ3v) is 13.6. The summed E-state index contributed by atoms with van der Waals surface area (Å²) in [4.78, 5) is 63.7. The number of hydrogen-bond acceptors (Lipinski definition) is 17. The minimum atomic E-state index is -4.22. The number of ether oxygens (including phenoxy) is 6. The number of fused-ring (bicyclic) bond motifs is 3. The molecule has 5 N–H and O–H groups in total. The molecule has 3 aliphatic heterocycles. The number of esters is 3. The quantitative estimate of drug-likeness (QED) is 0.0224. The summed E-state index contributed by atoms with van der Waals surface area (Å²) in [6.45, 7) is 11.0. The molecule has 3 aromatic carbocycles. The van der Waals surface area contributed by atoms with Gasteiger partial charge in [-0.15, -0.1) is 0 Å². The number of carbonyl (C=O) groups excluding carboxylic acids is 4. The van der Waals surface area contributed by atoms with E-state index in [-0.39, 0.29) is 60.2 Å². The molecule has 0 saturated heterocycles. The summed E-state index contributed by atoms with van der Waals surface area (Å²) in [6.07, 6.45) is 9.68. The summed E-state index contributed by atoms with van der Waals surface area (Å²) >= 11 is 0. The summed E-state index contributed by atoms with van der Waals surface area (Å²) in [5.41, 5.74) is 8.08. The third-order valence-electron chi connectivity index (χ3n) is 11.6. The maximum absolute atomic E-state index is 12.0. The van der Waals surface area contributed by atoms with Crippen LogP contribution in [0.4, 0.5) is 0 Å². The number of methoxy groups -OCH3 is 3. The smallest absolute Gasteiger partial charge is 0.353 e. The van der Waals surface area contributed by atoms with Gasteiger partial charge in [-0.25, -0.2) is 14.4 Å². The zero-order chi connectivity index (χ0) is 52.4. The molecule has 3 aromatic rings. The van der Waals surface area contributed by atoms with Crippen LogP contribution in [-0.2, 0) is 76.3 Å². The van der Waals surface area contributed by atoms with Crippen molar-refractivity contribution < 1.29 is 90.9 Å². The second-order valence-electron chi connectivity index (χ2n) is 15.9. The van der Waals surface area contributed by atoms with E-state index in [4.69, 9.17) is 47.3 Å². The second-order valence-corrected chi connectivity index (χ2v) is 19.5. The molecular weight excluding hydrogens is 954 g/mol. The first kappa shape index (κ1) is 56.1. The number of benzene rings is 3. The fourth-order valence-electron chi connectivity index (χ4n) is 7.68. The molecule has 0 aromatic heterocycles. The highest BCUT2D eigenvalue weighted by atomic mass is 31.2. The van der Waals surface area contributed by atoms with Gasteiger partial charge in [0, 0.05) is 59.2 Å². The first-order chi connectivity index (χ1) is 32.9. The normalized spacial score (nSPS) is 14.5. The van der Waals surface area contributed by atoms with E-state index in [0.717, 1.165) is 34.4 Å². The molecule has 0 spiro atoms. The lowest BCUT2D eigenvalue weighted by atomic mass is 9.95. The second kappa shape index (κ2) is 23.9. The zero-order valence-electron chi connectivity index (χ0n) is 40.7. The van der Waals surface area contributed by atoms with Crippen molar-refractivity contribution in [3.05, 3.63) is 125 Å². The van der Waals surface area contributed by atoms with Crippen molar-refractivity contribution in [2.45, 2.75) is 80.6 Å². The maximum Gasteiger partial charge on any atom is 0.353 e. The molecule has 0 saturated carbocycles. The van der Waals surface area contributed by atoms with E-state index >= 15 is 0 Å². The minimum Gasteiger partial charge on any atom is -0.507 e. The van der Waals surface area contributed by atoms with Crippen molar-refractivity contribution in [3.8, 4) is 34.5 Å². The van der Waals surface area contributed by atoms with Crippen LogP contribution in [0.5, 0.6) is 34.5 Å². The average molecular weight is 1010 g/mol. The highest BCUT2D eigenvalue weighted by molar-refractivity contribution is 7.57. The number of phenols is 3. The Labute approximate surface area is 405 Å². The van der Waals surface area contributed by atoms with Gasteiger partial charge in [0.25, 0.3) is 0 Å². The number of cyclic esters (lactones) is 3. The lowest BCUT2D eigenvalue weighted by Crippen LogP contribution is -2.03. The Kier molecular flexibility index (Phi) is 19.2. The SMILES string of the molecule is COc1c(C)c2c(c(O)c1C/C=C(C)/C=C/P(=O)(O)O)C(=O)OC2.COc1c(C)c2c(c(O)c1C/C=C(C)/C=C/P(=O)(OC)OC)C(=O)OC2.COc1c(C)c2c(c(O)c1C/C=C(\C)C=O)C(=O)OC2. The van der Waals surface area contributed by atoms with Crippen molar-refractivity contribution in [2.24, 2.45) is 0 Å². The van der Waals surface area contributed by atoms with Crippen LogP contribution in [0.2, 0.25) is 0 Å². The molecule has 70 heavy (non-hydrogen) atoms. The van der Waals surface area contributed by atoms with Gasteiger partial charge in [-0.2, -0.15) is 0 Å². The molecule has 378 valence electrons. The van der Waals surface area contributed by atoms with Gasteiger partial charge in [-0.3, -0.25) is 13.9 Å². The largest absolute Gasteiger partial charge is 0.507 e. The van der Waals surface area contributed by atoms with Crippen LogP contribution in [0.25, 0.3) is 0 Å². The van der Waals surface area contributed by atoms with Crippen LogP contribution in [0, 0.1) is 20.8 Å². The Hall–Kier alpha value is -6.46. The van der Waals surface area contributed by atoms with Gasteiger partial charge in [-0.1, -0.05) is 41.5 Å². The van der Waals surface area contributed by atoms with Crippen LogP contribution in [-0.4, -0.2) is 84.8 Å². The Morgan fingerprint density at radius 3 is 1.11 bits per heavy atom. The van der Waals surface area contributed by atoms with Crippen LogP contribution in [0.3, 0.4) is 0 Å². The molecule has 0 radical (unpaired) electrons. The topological polar surface area (TPSA) is 277 Å². The summed E-state index contributed by atoms with van der Waals surface area (Å²) in [6, 6.07) is 0. The summed E-state index contributed by atoms with van der Waals surface area (Å²) < 4.78 is 63.7. The molecule has 0 amide bonds. The van der Waals surface area contributed by atoms with Gasteiger partial charge in [0.2, 0.25) is 0 Å². The molecule has 0 aliphatic carbocycles. The van der Waals surface area contributed by atoms with E-state index in [2.05, 4.69) is 0 Å². The molecule has 0 unspecified atom stereocenters. The lowest BCUT2D eigenvalue weighted by Gasteiger charge is -2.15. The van der Waals surface area contributed by atoms with E-state index in [1.54, 1.807) is 39.0 Å². The van der Waals surface area contributed by atoms with E-state index in [1.165, 1.54) is 47.4 Å². The number of rotatable bonds is 16. The molecule has 19 nitrogen and oxygen atoms in total. The first-order valence-electron chi connectivity index (χ1n) is 21.3. The summed E-state index contributed by atoms with van der Waals surface area (Å²) in [7, 11) is -0.355. The van der Waals surface area contributed by atoms with Gasteiger partial charge in [0.1, 0.15) is 77.3 Å². The van der Waals surface area contributed by atoms with Crippen molar-refractivity contribution in [1.82, 2.24) is 0 Å². The number of aromatic hydroxyl groups is 3. The van der Waals surface area contributed by atoms with Gasteiger partial charge in [-0.05, 0) is 83.1 Å². The van der Waals surface area contributed by atoms with E-state index in [0.29, 0.717) is 74.6 Å². The number of carbonyl (C=O) groups is 4. The minimum absolute atomic E-state index is 0.101. The maximum atomic E-state index is 12.0. The summed E-state index contributed by atoms with van der Waals surface area (Å²) in [5.74, 6) is 1.61. The first-order valence-corrected chi connectivity index (χ1v) is 24.6. The molecule has 0 atom stereocenters. The van der Waals surface area contributed by atoms with E-state index < -0.39 is 33.1 Å². The average Bonchev–Trinajstić information content (AvgIpc) is 4.05. The fraction of sp³-hybridized carbons (Fsp3) is 0.347. The van der Waals surface area contributed by atoms with Gasteiger partial charge in [0.05, 0.1) is 21.3 Å². The van der Waals surface area contributed by atoms with Gasteiger partial charge in [0.15, 0.2) is 0 Å². The Balaban J connectivity index is 0.000000230. The predicted octanol–water partition coefficient (Wildman–Crippen LogP) is 8.50. The van der Waals surface area contributed by atoms with E-state index in [1.807, 2.05) is 26.8 Å². The monoisotopic (exact) mass is 1010 g/mol. The number of aldehydes is 1. The Bertz CT molecular complexity index is 2820. The highest BCUT2D eigenvalue weighted by Gasteiger charge is 2.34. The van der Waals surface area contributed by atoms with Crippen molar-refractivity contribution in [1.29, 1.82) is 0 Å². The predicted molar refractivity (Wildman–Crippen MR) is 256 cm³/mol. The highest BCUT2D eigenvalue weighted by Crippen LogP contribution is 2.49. The lowest BCUT2D eigenvalue weighted by molar-refractivity contribution is -0.104. The van der Waals surface area contributed by atoms with Crippen LogP contribution in [0.15, 0.2) is 58.7 Å². The molecular formula is C49H58O19P2. The molecule has 6 rings (SSSR count).